The molecule has 0 saturated heterocycles. The van der Waals surface area contributed by atoms with Crippen molar-refractivity contribution in [1.82, 2.24) is 4.98 Å². The summed E-state index contributed by atoms with van der Waals surface area (Å²) in [6.07, 6.45) is 0. The van der Waals surface area contributed by atoms with Gasteiger partial charge in [-0.3, -0.25) is 0 Å². The Labute approximate surface area is 136 Å². The zero-order chi connectivity index (χ0) is 15.7. The number of nitrogens with one attached hydrogen (secondary N) is 1. The van der Waals surface area contributed by atoms with E-state index in [4.69, 9.17) is 11.6 Å². The van der Waals surface area contributed by atoms with Gasteiger partial charge in [-0.2, -0.15) is 0 Å². The van der Waals surface area contributed by atoms with Crippen LogP contribution in [0.2, 0.25) is 5.02 Å². The highest BCUT2D eigenvalue weighted by Crippen LogP contribution is 2.33. The van der Waals surface area contributed by atoms with Gasteiger partial charge in [0.1, 0.15) is 0 Å². The largest absolute Gasteiger partial charge is 0.504 e. The predicted octanol–water partition coefficient (Wildman–Crippen LogP) is 4.93. The third-order valence-electron chi connectivity index (χ3n) is 3.20. The minimum atomic E-state index is -0.162. The highest BCUT2D eigenvalue weighted by atomic mass is 35.5. The number of phenolic OH excluding ortho intramolecular Hbond substituents is 2. The molecule has 22 heavy (non-hydrogen) atoms. The maximum atomic E-state index is 9.56. The molecule has 0 bridgehead atoms. The molecule has 3 N–H and O–H groups in total. The van der Waals surface area contributed by atoms with Crippen LogP contribution in [0.1, 0.15) is 5.56 Å². The Morgan fingerprint density at radius 3 is 2.64 bits per heavy atom. The molecule has 0 aliphatic heterocycles. The molecule has 0 radical (unpaired) electrons. The molecule has 1 aromatic heterocycles. The minimum Gasteiger partial charge on any atom is -0.504 e. The number of aromatic nitrogens is 1. The van der Waals surface area contributed by atoms with Crippen LogP contribution in [0, 0.1) is 6.92 Å². The van der Waals surface area contributed by atoms with Crippen molar-refractivity contribution < 1.29 is 10.2 Å². The number of anilines is 2. The van der Waals surface area contributed by atoms with Gasteiger partial charge >= 0.3 is 0 Å². The summed E-state index contributed by atoms with van der Waals surface area (Å²) in [7, 11) is 0. The normalized spacial score (nSPS) is 10.6. The Kier molecular flexibility index (Phi) is 3.92. The highest BCUT2D eigenvalue weighted by Gasteiger charge is 2.08. The summed E-state index contributed by atoms with van der Waals surface area (Å²) < 4.78 is 0. The fraction of sp³-hybridized carbons (Fsp3) is 0.0625. The number of thiazole rings is 1. The van der Waals surface area contributed by atoms with E-state index in [1.54, 1.807) is 6.07 Å². The summed E-state index contributed by atoms with van der Waals surface area (Å²) in [6, 6.07) is 10.4. The average molecular weight is 333 g/mol. The first-order valence-corrected chi connectivity index (χ1v) is 7.80. The van der Waals surface area contributed by atoms with Gasteiger partial charge in [-0.25, -0.2) is 4.98 Å². The zero-order valence-corrected chi connectivity index (χ0v) is 13.2. The topological polar surface area (TPSA) is 65.4 Å². The van der Waals surface area contributed by atoms with E-state index in [0.717, 1.165) is 27.6 Å². The number of nitrogens with zero attached hydrogens (tertiary/aromatic N) is 1. The number of phenols is 2. The smallest absolute Gasteiger partial charge is 0.187 e. The number of hydrogen-bond acceptors (Lipinski definition) is 5. The van der Waals surface area contributed by atoms with Gasteiger partial charge in [0.05, 0.1) is 5.69 Å². The van der Waals surface area contributed by atoms with E-state index in [-0.39, 0.29) is 11.5 Å². The molecule has 0 atom stereocenters. The van der Waals surface area contributed by atoms with Gasteiger partial charge in [-0.15, -0.1) is 11.3 Å². The van der Waals surface area contributed by atoms with E-state index in [9.17, 15) is 10.2 Å². The molecule has 0 aliphatic carbocycles. The van der Waals surface area contributed by atoms with Crippen LogP contribution in [0.15, 0.2) is 41.8 Å². The molecule has 0 spiro atoms. The van der Waals surface area contributed by atoms with E-state index in [0.29, 0.717) is 5.02 Å². The van der Waals surface area contributed by atoms with E-state index >= 15 is 0 Å². The fourth-order valence-corrected chi connectivity index (χ4v) is 2.86. The third-order valence-corrected chi connectivity index (χ3v) is 4.36. The summed E-state index contributed by atoms with van der Waals surface area (Å²) in [5, 5.41) is 25.4. The predicted molar refractivity (Wildman–Crippen MR) is 90.4 cm³/mol. The lowest BCUT2D eigenvalue weighted by Gasteiger charge is -2.04. The molecule has 1 heterocycles. The summed E-state index contributed by atoms with van der Waals surface area (Å²) in [4.78, 5) is 4.47. The minimum absolute atomic E-state index is 0.147. The van der Waals surface area contributed by atoms with E-state index in [2.05, 4.69) is 10.3 Å². The van der Waals surface area contributed by atoms with Crippen molar-refractivity contribution >= 4 is 33.8 Å². The van der Waals surface area contributed by atoms with Crippen molar-refractivity contribution in [2.75, 3.05) is 5.32 Å². The van der Waals surface area contributed by atoms with Gasteiger partial charge in [-0.1, -0.05) is 17.7 Å². The molecule has 0 saturated carbocycles. The molecule has 4 nitrogen and oxygen atoms in total. The summed E-state index contributed by atoms with van der Waals surface area (Å²) >= 11 is 7.55. The van der Waals surface area contributed by atoms with Crippen LogP contribution < -0.4 is 5.32 Å². The van der Waals surface area contributed by atoms with Gasteiger partial charge in [0.25, 0.3) is 0 Å². The van der Waals surface area contributed by atoms with Crippen molar-refractivity contribution in [2.45, 2.75) is 6.92 Å². The zero-order valence-electron chi connectivity index (χ0n) is 11.7. The number of aryl methyl sites for hydroxylation is 1. The first kappa shape index (κ1) is 14.7. The molecule has 2 aromatic carbocycles. The summed E-state index contributed by atoms with van der Waals surface area (Å²) in [5.74, 6) is -0.308. The van der Waals surface area contributed by atoms with Crippen molar-refractivity contribution in [3.8, 4) is 22.8 Å². The number of rotatable bonds is 3. The van der Waals surface area contributed by atoms with Crippen LogP contribution in [0.3, 0.4) is 0 Å². The van der Waals surface area contributed by atoms with Gasteiger partial charge in [0.15, 0.2) is 16.6 Å². The molecular formula is C16H13ClN2O2S. The molecule has 112 valence electrons. The second kappa shape index (κ2) is 5.87. The standard InChI is InChI=1S/C16H13ClN2O2S/c1-9-2-4-11(7-12(9)17)18-16-19-13(8-22-16)10-3-5-14(20)15(21)6-10/h2-8,20-21H,1H3,(H,18,19). The second-order valence-corrected chi connectivity index (χ2v) is 6.10. The molecule has 0 unspecified atom stereocenters. The third kappa shape index (κ3) is 3.00. The number of benzene rings is 2. The van der Waals surface area contributed by atoms with E-state index in [1.165, 1.54) is 23.5 Å². The Hall–Kier alpha value is -2.24. The Morgan fingerprint density at radius 1 is 1.09 bits per heavy atom. The maximum Gasteiger partial charge on any atom is 0.187 e. The van der Waals surface area contributed by atoms with Gasteiger partial charge in [-0.05, 0) is 42.8 Å². The number of hydrogen-bond donors (Lipinski definition) is 3. The van der Waals surface area contributed by atoms with Crippen molar-refractivity contribution in [3.05, 3.63) is 52.4 Å². The van der Waals surface area contributed by atoms with Crippen molar-refractivity contribution in [2.24, 2.45) is 0 Å². The lowest BCUT2D eigenvalue weighted by atomic mass is 10.1. The number of halogens is 1. The molecular weight excluding hydrogens is 320 g/mol. The van der Waals surface area contributed by atoms with Crippen LogP contribution >= 0.6 is 22.9 Å². The maximum absolute atomic E-state index is 9.56. The van der Waals surface area contributed by atoms with E-state index in [1.807, 2.05) is 30.5 Å². The van der Waals surface area contributed by atoms with Crippen LogP contribution in [-0.2, 0) is 0 Å². The molecule has 0 aliphatic rings. The highest BCUT2D eigenvalue weighted by molar-refractivity contribution is 7.14. The van der Waals surface area contributed by atoms with Crippen LogP contribution in [0.5, 0.6) is 11.5 Å². The molecule has 6 heteroatoms. The monoisotopic (exact) mass is 332 g/mol. The Bertz CT molecular complexity index is 833. The van der Waals surface area contributed by atoms with Gasteiger partial charge in [0.2, 0.25) is 0 Å². The quantitative estimate of drug-likeness (QED) is 0.595. The molecule has 0 fully saturated rings. The average Bonchev–Trinajstić information content (AvgIpc) is 2.94. The molecule has 3 rings (SSSR count). The lowest BCUT2D eigenvalue weighted by molar-refractivity contribution is 0.404. The first-order valence-electron chi connectivity index (χ1n) is 6.54. The van der Waals surface area contributed by atoms with Gasteiger partial charge < -0.3 is 15.5 Å². The molecule has 0 amide bonds. The number of aromatic hydroxyl groups is 2. The first-order chi connectivity index (χ1) is 10.5. The van der Waals surface area contributed by atoms with Gasteiger partial charge in [0, 0.05) is 21.7 Å². The molecule has 3 aromatic rings. The van der Waals surface area contributed by atoms with Crippen LogP contribution in [0.4, 0.5) is 10.8 Å². The van der Waals surface area contributed by atoms with E-state index < -0.39 is 0 Å². The lowest BCUT2D eigenvalue weighted by Crippen LogP contribution is -1.90. The van der Waals surface area contributed by atoms with Crippen LogP contribution in [0.25, 0.3) is 11.3 Å². The summed E-state index contributed by atoms with van der Waals surface area (Å²) in [5.41, 5.74) is 3.35. The van der Waals surface area contributed by atoms with Crippen molar-refractivity contribution in [1.29, 1.82) is 0 Å². The van der Waals surface area contributed by atoms with Crippen molar-refractivity contribution in [3.63, 3.8) is 0 Å². The SMILES string of the molecule is Cc1ccc(Nc2nc(-c3ccc(O)c(O)c3)cs2)cc1Cl. The Morgan fingerprint density at radius 2 is 1.91 bits per heavy atom. The summed E-state index contributed by atoms with van der Waals surface area (Å²) in [6.45, 7) is 1.95. The second-order valence-electron chi connectivity index (χ2n) is 4.83. The fourth-order valence-electron chi connectivity index (χ4n) is 1.94. The van der Waals surface area contributed by atoms with Crippen LogP contribution in [-0.4, -0.2) is 15.2 Å². The Balaban J connectivity index is 1.84.